The Morgan fingerprint density at radius 2 is 1.93 bits per heavy atom. The SMILES string of the molecule is Cc1cc(C)n(CCN(CCCCc2ccc3c(n2)NCCC3)CCC(Nc2cnc(-c3ccccc3)cn2)C(=O)O)n1. The number of nitrogens with zero attached hydrogens (tertiary/aromatic N) is 6. The molecule has 3 N–H and O–H groups in total. The predicted octanol–water partition coefficient (Wildman–Crippen LogP) is 4.99. The zero-order valence-electron chi connectivity index (χ0n) is 25.2. The molecule has 1 aliphatic heterocycles. The van der Waals surface area contributed by atoms with Gasteiger partial charge in [0.15, 0.2) is 0 Å². The van der Waals surface area contributed by atoms with Gasteiger partial charge in [0, 0.05) is 36.6 Å². The summed E-state index contributed by atoms with van der Waals surface area (Å²) in [6, 6.07) is 15.5. The highest BCUT2D eigenvalue weighted by Gasteiger charge is 2.20. The fourth-order valence-electron chi connectivity index (χ4n) is 5.53. The fourth-order valence-corrected chi connectivity index (χ4v) is 5.53. The number of fused-ring (bicyclic) bond motifs is 1. The number of hydrogen-bond acceptors (Lipinski definition) is 8. The van der Waals surface area contributed by atoms with Crippen molar-refractivity contribution in [2.75, 3.05) is 36.8 Å². The first-order chi connectivity index (χ1) is 20.9. The molecule has 5 rings (SSSR count). The number of rotatable bonds is 15. The molecule has 43 heavy (non-hydrogen) atoms. The number of anilines is 2. The molecular weight excluding hydrogens is 540 g/mol. The molecule has 10 heteroatoms. The first kappa shape index (κ1) is 30.2. The fraction of sp³-hybridized carbons (Fsp3) is 0.424. The molecule has 3 aromatic heterocycles. The highest BCUT2D eigenvalue weighted by Crippen LogP contribution is 2.21. The van der Waals surface area contributed by atoms with Crippen LogP contribution in [-0.4, -0.2) is 72.9 Å². The molecule has 1 atom stereocenters. The van der Waals surface area contributed by atoms with Crippen molar-refractivity contribution >= 4 is 17.6 Å². The Morgan fingerprint density at radius 3 is 2.67 bits per heavy atom. The van der Waals surface area contributed by atoms with E-state index in [9.17, 15) is 9.90 Å². The van der Waals surface area contributed by atoms with Gasteiger partial charge in [-0.3, -0.25) is 9.67 Å². The molecular formula is C33H42N8O2. The van der Waals surface area contributed by atoms with Gasteiger partial charge in [-0.25, -0.2) is 14.8 Å². The molecule has 1 aromatic carbocycles. The van der Waals surface area contributed by atoms with Crippen LogP contribution in [0.2, 0.25) is 0 Å². The van der Waals surface area contributed by atoms with Crippen molar-refractivity contribution in [3.63, 3.8) is 0 Å². The molecule has 1 aliphatic rings. The van der Waals surface area contributed by atoms with Crippen LogP contribution in [0.3, 0.4) is 0 Å². The summed E-state index contributed by atoms with van der Waals surface area (Å²) in [6.45, 7) is 8.13. The molecule has 4 aromatic rings. The van der Waals surface area contributed by atoms with Gasteiger partial charge in [0.05, 0.1) is 30.3 Å². The molecule has 1 unspecified atom stereocenters. The lowest BCUT2D eigenvalue weighted by molar-refractivity contribution is -0.138. The monoisotopic (exact) mass is 582 g/mol. The zero-order valence-corrected chi connectivity index (χ0v) is 25.2. The number of pyridine rings is 1. The summed E-state index contributed by atoms with van der Waals surface area (Å²) in [5.74, 6) is 0.592. The Labute approximate surface area is 253 Å². The first-order valence-corrected chi connectivity index (χ1v) is 15.3. The van der Waals surface area contributed by atoms with Crippen molar-refractivity contribution in [3.8, 4) is 11.3 Å². The van der Waals surface area contributed by atoms with Crippen LogP contribution in [0.15, 0.2) is 60.9 Å². The third kappa shape index (κ3) is 8.61. The van der Waals surface area contributed by atoms with Gasteiger partial charge in [0.1, 0.15) is 17.7 Å². The van der Waals surface area contributed by atoms with E-state index >= 15 is 0 Å². The molecule has 0 amide bonds. The maximum Gasteiger partial charge on any atom is 0.326 e. The topological polar surface area (TPSA) is 121 Å². The van der Waals surface area contributed by atoms with Crippen molar-refractivity contribution in [1.29, 1.82) is 0 Å². The van der Waals surface area contributed by atoms with Crippen LogP contribution in [0.25, 0.3) is 11.3 Å². The maximum absolute atomic E-state index is 12.2. The number of nitrogens with one attached hydrogen (secondary N) is 2. The molecule has 226 valence electrons. The molecule has 0 saturated heterocycles. The molecule has 0 fully saturated rings. The molecule has 0 saturated carbocycles. The second-order valence-corrected chi connectivity index (χ2v) is 11.3. The van der Waals surface area contributed by atoms with Crippen LogP contribution in [0.4, 0.5) is 11.6 Å². The Hall–Kier alpha value is -4.31. The van der Waals surface area contributed by atoms with Crippen LogP contribution in [0.5, 0.6) is 0 Å². The molecule has 0 bridgehead atoms. The molecule has 0 spiro atoms. The van der Waals surface area contributed by atoms with Gasteiger partial charge in [-0.1, -0.05) is 36.4 Å². The van der Waals surface area contributed by atoms with Crippen molar-refractivity contribution in [1.82, 2.24) is 29.6 Å². The van der Waals surface area contributed by atoms with Gasteiger partial charge in [-0.15, -0.1) is 0 Å². The number of benzene rings is 1. The molecule has 0 aliphatic carbocycles. The van der Waals surface area contributed by atoms with E-state index in [0.717, 1.165) is 92.4 Å². The third-order valence-electron chi connectivity index (χ3n) is 7.92. The number of hydrogen-bond donors (Lipinski definition) is 3. The van der Waals surface area contributed by atoms with E-state index < -0.39 is 12.0 Å². The average Bonchev–Trinajstić information content (AvgIpc) is 3.36. The van der Waals surface area contributed by atoms with Crippen molar-refractivity contribution in [3.05, 3.63) is 83.6 Å². The maximum atomic E-state index is 12.2. The lowest BCUT2D eigenvalue weighted by Crippen LogP contribution is -2.37. The number of aliphatic carboxylic acids is 1. The lowest BCUT2D eigenvalue weighted by Gasteiger charge is -2.25. The summed E-state index contributed by atoms with van der Waals surface area (Å²) < 4.78 is 2.03. The summed E-state index contributed by atoms with van der Waals surface area (Å²) in [5.41, 5.74) is 6.28. The van der Waals surface area contributed by atoms with E-state index in [1.807, 2.05) is 41.9 Å². The lowest BCUT2D eigenvalue weighted by atomic mass is 10.1. The van der Waals surface area contributed by atoms with Gasteiger partial charge in [0.25, 0.3) is 0 Å². The summed E-state index contributed by atoms with van der Waals surface area (Å²) in [7, 11) is 0. The Kier molecular flexibility index (Phi) is 10.3. The largest absolute Gasteiger partial charge is 0.480 e. The number of aryl methyl sites for hydroxylation is 4. The average molecular weight is 583 g/mol. The van der Waals surface area contributed by atoms with E-state index in [1.54, 1.807) is 12.4 Å². The number of carboxylic acids is 1. The predicted molar refractivity (Wildman–Crippen MR) is 169 cm³/mol. The van der Waals surface area contributed by atoms with Crippen LogP contribution >= 0.6 is 0 Å². The van der Waals surface area contributed by atoms with Gasteiger partial charge < -0.3 is 20.6 Å². The quantitative estimate of drug-likeness (QED) is 0.166. The van der Waals surface area contributed by atoms with E-state index in [0.29, 0.717) is 18.8 Å². The van der Waals surface area contributed by atoms with E-state index in [2.05, 4.69) is 55.7 Å². The number of unbranched alkanes of at least 4 members (excludes halogenated alkanes) is 1. The van der Waals surface area contributed by atoms with Crippen LogP contribution < -0.4 is 10.6 Å². The van der Waals surface area contributed by atoms with E-state index in [-0.39, 0.29) is 0 Å². The van der Waals surface area contributed by atoms with Gasteiger partial charge in [0.2, 0.25) is 0 Å². The normalized spacial score (nSPS) is 13.4. The third-order valence-corrected chi connectivity index (χ3v) is 7.92. The second kappa shape index (κ2) is 14.7. The first-order valence-electron chi connectivity index (χ1n) is 15.3. The van der Waals surface area contributed by atoms with Crippen molar-refractivity contribution < 1.29 is 9.90 Å². The second-order valence-electron chi connectivity index (χ2n) is 11.3. The zero-order chi connectivity index (χ0) is 30.0. The summed E-state index contributed by atoms with van der Waals surface area (Å²) in [4.78, 5) is 28.3. The minimum atomic E-state index is -0.903. The Balaban J connectivity index is 1.17. The summed E-state index contributed by atoms with van der Waals surface area (Å²) in [6.07, 6.45) is 8.91. The van der Waals surface area contributed by atoms with Crippen molar-refractivity contribution in [2.45, 2.75) is 65.0 Å². The van der Waals surface area contributed by atoms with Crippen LogP contribution in [0, 0.1) is 13.8 Å². The van der Waals surface area contributed by atoms with Gasteiger partial charge in [-0.05, 0) is 76.6 Å². The van der Waals surface area contributed by atoms with Crippen LogP contribution in [-0.2, 0) is 24.2 Å². The summed E-state index contributed by atoms with van der Waals surface area (Å²) in [5, 5.41) is 21.1. The Bertz CT molecular complexity index is 1470. The highest BCUT2D eigenvalue weighted by atomic mass is 16.4. The van der Waals surface area contributed by atoms with Gasteiger partial charge >= 0.3 is 5.97 Å². The number of aromatic nitrogens is 5. The number of carbonyl (C=O) groups is 1. The standard InChI is InChI=1S/C33H42N8O2/c1-24-21-25(2)41(39-24)20-19-40(17-7-6-12-28-14-13-27-11-8-16-34-32(27)37-28)18-15-29(33(42)43)38-31-23-35-30(22-36-31)26-9-4-3-5-10-26/h3-5,9-10,13-14,21-23,29H,6-8,11-12,15-20H2,1-2H3,(H,34,37)(H,36,38)(H,42,43). The molecule has 0 radical (unpaired) electrons. The smallest absolute Gasteiger partial charge is 0.326 e. The molecule has 4 heterocycles. The minimum Gasteiger partial charge on any atom is -0.480 e. The Morgan fingerprint density at radius 1 is 1.07 bits per heavy atom. The minimum absolute atomic E-state index is 0.437. The van der Waals surface area contributed by atoms with Crippen LogP contribution in [0.1, 0.15) is 48.3 Å². The van der Waals surface area contributed by atoms with Gasteiger partial charge in [-0.2, -0.15) is 5.10 Å². The number of carboxylic acid groups (broad SMARTS) is 1. The highest BCUT2D eigenvalue weighted by molar-refractivity contribution is 5.76. The van der Waals surface area contributed by atoms with E-state index in [1.165, 1.54) is 5.56 Å². The van der Waals surface area contributed by atoms with E-state index in [4.69, 9.17) is 4.98 Å². The molecule has 10 nitrogen and oxygen atoms in total. The van der Waals surface area contributed by atoms with Crippen molar-refractivity contribution in [2.24, 2.45) is 0 Å². The summed E-state index contributed by atoms with van der Waals surface area (Å²) >= 11 is 0.